The molecule has 9 heteroatoms. The van der Waals surface area contributed by atoms with Gasteiger partial charge in [-0.3, -0.25) is 13.9 Å². The van der Waals surface area contributed by atoms with Crippen molar-refractivity contribution < 1.29 is 24.1 Å². The van der Waals surface area contributed by atoms with Gasteiger partial charge in [0.25, 0.3) is 0 Å². The zero-order valence-electron chi connectivity index (χ0n) is 16.6. The number of carboxylic acid groups (broad SMARTS) is 1. The molecule has 164 valence electrons. The third-order valence-electron chi connectivity index (χ3n) is 5.05. The van der Waals surface area contributed by atoms with Crippen LogP contribution in [0.5, 0.6) is 0 Å². The molecule has 30 heavy (non-hydrogen) atoms. The van der Waals surface area contributed by atoms with E-state index >= 15 is 0 Å². The van der Waals surface area contributed by atoms with Crippen LogP contribution in [-0.2, 0) is 17.9 Å². The Morgan fingerprint density at radius 2 is 1.80 bits per heavy atom. The average molecular weight is 436 g/mol. The number of rotatable bonds is 10. The van der Waals surface area contributed by atoms with E-state index in [1.807, 2.05) is 54.6 Å². The van der Waals surface area contributed by atoms with Crippen LogP contribution in [-0.4, -0.2) is 42.4 Å². The van der Waals surface area contributed by atoms with E-state index in [1.165, 1.54) is 4.31 Å². The van der Waals surface area contributed by atoms with Gasteiger partial charge >= 0.3 is 5.97 Å². The Hall–Kier alpha value is -1.98. The summed E-state index contributed by atoms with van der Waals surface area (Å²) in [6.07, 6.45) is 0.535. The maximum Gasteiger partial charge on any atom is 0.303 e. The number of aliphatic hydroxyl groups is 1. The van der Waals surface area contributed by atoms with Crippen LogP contribution in [0.3, 0.4) is 0 Å². The van der Waals surface area contributed by atoms with E-state index in [0.29, 0.717) is 19.5 Å². The Morgan fingerprint density at radius 3 is 2.40 bits per heavy atom. The van der Waals surface area contributed by atoms with Gasteiger partial charge in [0.2, 0.25) is 0 Å². The summed E-state index contributed by atoms with van der Waals surface area (Å²) in [7, 11) is -3.13. The highest BCUT2D eigenvalue weighted by Crippen LogP contribution is 2.44. The van der Waals surface area contributed by atoms with Crippen LogP contribution < -0.4 is 10.0 Å². The third kappa shape index (κ3) is 6.51. The summed E-state index contributed by atoms with van der Waals surface area (Å²) in [5.41, 5.74) is 3.12. The lowest BCUT2D eigenvalue weighted by Gasteiger charge is -2.35. The SMILES string of the molecule is O=C(O)CCC[C@@H](NCc1ccc(CN2C[C@@H](O)NS2(O)O)cc1)c1ccccc1. The van der Waals surface area contributed by atoms with E-state index in [1.54, 1.807) is 0 Å². The summed E-state index contributed by atoms with van der Waals surface area (Å²) >= 11 is 0. The van der Waals surface area contributed by atoms with Crippen molar-refractivity contribution in [3.63, 3.8) is 0 Å². The number of carboxylic acids is 1. The second kappa shape index (κ2) is 10.4. The Balaban J connectivity index is 1.57. The number of aliphatic carboxylic acids is 1. The summed E-state index contributed by atoms with van der Waals surface area (Å²) in [6, 6.07) is 17.9. The first-order valence-electron chi connectivity index (χ1n) is 9.90. The topological polar surface area (TPSA) is 125 Å². The molecule has 0 bridgehead atoms. The Morgan fingerprint density at radius 1 is 1.13 bits per heavy atom. The van der Waals surface area contributed by atoms with Gasteiger partial charge in [-0.05, 0) is 29.5 Å². The highest BCUT2D eigenvalue weighted by Gasteiger charge is 2.34. The molecule has 2 atom stereocenters. The first kappa shape index (κ1) is 22.7. The summed E-state index contributed by atoms with van der Waals surface area (Å²) in [5.74, 6) is -0.783. The van der Waals surface area contributed by atoms with Crippen LogP contribution in [0.25, 0.3) is 0 Å². The number of hydrogen-bond acceptors (Lipinski definition) is 7. The van der Waals surface area contributed by atoms with Crippen molar-refractivity contribution in [3.05, 3.63) is 71.3 Å². The zero-order chi connectivity index (χ0) is 21.6. The monoisotopic (exact) mass is 435 g/mol. The minimum absolute atomic E-state index is 0.0652. The molecular formula is C21H29N3O5S. The molecule has 1 aliphatic heterocycles. The van der Waals surface area contributed by atoms with E-state index in [2.05, 4.69) is 10.0 Å². The van der Waals surface area contributed by atoms with Crippen molar-refractivity contribution in [2.24, 2.45) is 0 Å². The number of carbonyl (C=O) groups is 1. The molecule has 2 aromatic rings. The minimum Gasteiger partial charge on any atom is -0.481 e. The third-order valence-corrected chi connectivity index (χ3v) is 6.64. The molecule has 3 rings (SSSR count). The smallest absolute Gasteiger partial charge is 0.303 e. The molecule has 2 aromatic carbocycles. The van der Waals surface area contributed by atoms with E-state index < -0.39 is 23.2 Å². The Labute approximate surface area is 178 Å². The lowest BCUT2D eigenvalue weighted by atomic mass is 10.0. The van der Waals surface area contributed by atoms with Crippen LogP contribution in [0.1, 0.15) is 42.0 Å². The fourth-order valence-corrected chi connectivity index (χ4v) is 4.75. The number of benzene rings is 2. The first-order chi connectivity index (χ1) is 14.3. The van der Waals surface area contributed by atoms with Crippen molar-refractivity contribution >= 4 is 16.9 Å². The standard InChI is InChI=1S/C21H29N3O5S/c25-20-15-24(30(28,29)23-20)14-17-11-9-16(10-12-17)13-22-19(7-4-8-21(26)27)18-5-2-1-3-6-18/h1-3,5-6,9-12,19-20,22-23,25,28-29H,4,7-8,13-15H2,(H,26,27)/t19-,20-/m1/s1. The predicted octanol–water partition coefficient (Wildman–Crippen LogP) is 3.08. The number of β-amino-alcohol motifs (C(OH)–C–C–N with tert-alkyl or cyclic N) is 1. The molecule has 0 saturated carbocycles. The normalized spacial score (nSPS) is 20.7. The number of hydrogen-bond donors (Lipinski definition) is 6. The van der Waals surface area contributed by atoms with Gasteiger partial charge in [0.1, 0.15) is 6.23 Å². The second-order valence-electron chi connectivity index (χ2n) is 7.42. The van der Waals surface area contributed by atoms with Gasteiger partial charge in [0.05, 0.1) is 6.54 Å². The van der Waals surface area contributed by atoms with Crippen LogP contribution in [0, 0.1) is 0 Å². The van der Waals surface area contributed by atoms with Crippen molar-refractivity contribution in [1.82, 2.24) is 14.3 Å². The quantitative estimate of drug-likeness (QED) is 0.336. The number of aliphatic hydroxyl groups excluding tert-OH is 1. The maximum absolute atomic E-state index is 10.8. The van der Waals surface area contributed by atoms with Crippen LogP contribution in [0.2, 0.25) is 0 Å². The predicted molar refractivity (Wildman–Crippen MR) is 116 cm³/mol. The van der Waals surface area contributed by atoms with E-state index in [0.717, 1.165) is 23.1 Å². The fraction of sp³-hybridized carbons (Fsp3) is 0.381. The van der Waals surface area contributed by atoms with Crippen molar-refractivity contribution in [1.29, 1.82) is 0 Å². The molecule has 0 amide bonds. The van der Waals surface area contributed by atoms with E-state index in [4.69, 9.17) is 5.11 Å². The molecule has 0 radical (unpaired) electrons. The lowest BCUT2D eigenvalue weighted by molar-refractivity contribution is -0.137. The molecule has 0 spiro atoms. The summed E-state index contributed by atoms with van der Waals surface area (Å²) in [6.45, 7) is 1.11. The molecule has 0 unspecified atom stereocenters. The first-order valence-corrected chi connectivity index (χ1v) is 11.4. The molecule has 0 aromatic heterocycles. The number of nitrogens with one attached hydrogen (secondary N) is 2. The highest BCUT2D eigenvalue weighted by molar-refractivity contribution is 8.20. The van der Waals surface area contributed by atoms with Crippen molar-refractivity contribution in [3.8, 4) is 0 Å². The minimum atomic E-state index is -3.13. The van der Waals surface area contributed by atoms with Crippen LogP contribution in [0.15, 0.2) is 54.6 Å². The van der Waals surface area contributed by atoms with E-state index in [-0.39, 0.29) is 19.0 Å². The molecular weight excluding hydrogens is 406 g/mol. The molecule has 1 saturated heterocycles. The van der Waals surface area contributed by atoms with Gasteiger partial charge < -0.3 is 15.5 Å². The largest absolute Gasteiger partial charge is 0.481 e. The van der Waals surface area contributed by atoms with Gasteiger partial charge in [-0.2, -0.15) is 9.03 Å². The Bertz CT molecular complexity index is 819. The molecule has 8 nitrogen and oxygen atoms in total. The molecule has 6 N–H and O–H groups in total. The van der Waals surface area contributed by atoms with Crippen LogP contribution in [0.4, 0.5) is 0 Å². The summed E-state index contributed by atoms with van der Waals surface area (Å²) < 4.78 is 23.7. The van der Waals surface area contributed by atoms with Gasteiger partial charge in [0.15, 0.2) is 0 Å². The molecule has 1 heterocycles. The van der Waals surface area contributed by atoms with Gasteiger partial charge in [-0.1, -0.05) is 65.6 Å². The average Bonchev–Trinajstić information content (AvgIpc) is 2.97. The molecule has 1 aliphatic rings. The van der Waals surface area contributed by atoms with E-state index in [9.17, 15) is 19.0 Å². The lowest BCUT2D eigenvalue weighted by Crippen LogP contribution is -2.25. The highest BCUT2D eigenvalue weighted by atomic mass is 32.3. The van der Waals surface area contributed by atoms with Crippen LogP contribution >= 0.6 is 11.0 Å². The van der Waals surface area contributed by atoms with Crippen molar-refractivity contribution in [2.45, 2.75) is 44.6 Å². The molecule has 0 aliphatic carbocycles. The van der Waals surface area contributed by atoms with Crippen molar-refractivity contribution in [2.75, 3.05) is 6.54 Å². The van der Waals surface area contributed by atoms with Gasteiger partial charge in [0, 0.05) is 25.6 Å². The summed E-state index contributed by atoms with van der Waals surface area (Å²) in [5, 5.41) is 22.0. The Kier molecular flexibility index (Phi) is 7.84. The second-order valence-corrected chi connectivity index (χ2v) is 9.21. The maximum atomic E-state index is 10.8. The summed E-state index contributed by atoms with van der Waals surface area (Å²) in [4.78, 5) is 10.8. The van der Waals surface area contributed by atoms with Gasteiger partial charge in [-0.25, -0.2) is 0 Å². The fourth-order valence-electron chi connectivity index (χ4n) is 3.48. The number of nitrogens with zero attached hydrogens (tertiary/aromatic N) is 1. The van der Waals surface area contributed by atoms with Gasteiger partial charge in [-0.15, -0.1) is 0 Å². The zero-order valence-corrected chi connectivity index (χ0v) is 17.5. The molecule has 1 fully saturated rings.